The Kier molecular flexibility index (Phi) is 6.80. The maximum Gasteiger partial charge on any atom is 0.227 e. The lowest BCUT2D eigenvalue weighted by Gasteiger charge is -2.32. The van der Waals surface area contributed by atoms with E-state index >= 15 is 0 Å². The van der Waals surface area contributed by atoms with Gasteiger partial charge in [0, 0.05) is 25.7 Å². The molecule has 6 nitrogen and oxygen atoms in total. The first-order chi connectivity index (χ1) is 15.5. The summed E-state index contributed by atoms with van der Waals surface area (Å²) in [7, 11) is 1.84. The van der Waals surface area contributed by atoms with Crippen LogP contribution in [0.5, 0.6) is 5.75 Å². The zero-order valence-electron chi connectivity index (χ0n) is 17.8. The molecule has 0 saturated carbocycles. The zero-order valence-corrected chi connectivity index (χ0v) is 17.8. The van der Waals surface area contributed by atoms with Crippen molar-refractivity contribution in [1.82, 2.24) is 14.7 Å². The molecule has 8 heteroatoms. The fourth-order valence-corrected chi connectivity index (χ4v) is 3.69. The fraction of sp³-hybridized carbons (Fsp3) is 0.333. The Morgan fingerprint density at radius 1 is 1.19 bits per heavy atom. The van der Waals surface area contributed by atoms with Gasteiger partial charge in [0.2, 0.25) is 5.91 Å². The van der Waals surface area contributed by atoms with E-state index in [1.807, 2.05) is 13.1 Å². The number of carbonyl (C=O) groups excluding carboxylic acids is 1. The number of rotatable bonds is 7. The van der Waals surface area contributed by atoms with Crippen molar-refractivity contribution in [3.05, 3.63) is 83.2 Å². The van der Waals surface area contributed by atoms with Gasteiger partial charge >= 0.3 is 0 Å². The third kappa shape index (κ3) is 5.31. The van der Waals surface area contributed by atoms with Crippen molar-refractivity contribution in [3.63, 3.8) is 0 Å². The minimum atomic E-state index is -0.390. The smallest absolute Gasteiger partial charge is 0.227 e. The molecular weight excluding hydrogens is 416 g/mol. The molecule has 0 aliphatic carbocycles. The van der Waals surface area contributed by atoms with Gasteiger partial charge in [-0.15, -0.1) is 0 Å². The van der Waals surface area contributed by atoms with E-state index in [0.717, 1.165) is 17.0 Å². The Balaban J connectivity index is 1.34. The molecule has 1 unspecified atom stereocenters. The van der Waals surface area contributed by atoms with E-state index in [1.165, 1.54) is 18.2 Å². The Bertz CT molecular complexity index is 1070. The molecule has 1 aromatic heterocycles. The summed E-state index contributed by atoms with van der Waals surface area (Å²) in [5.41, 5.74) is 2.44. The fourth-order valence-electron chi connectivity index (χ4n) is 3.69. The van der Waals surface area contributed by atoms with Gasteiger partial charge < -0.3 is 14.4 Å². The second-order valence-corrected chi connectivity index (χ2v) is 7.72. The predicted octanol–water partition coefficient (Wildman–Crippen LogP) is 3.46. The molecule has 2 aromatic carbocycles. The summed E-state index contributed by atoms with van der Waals surface area (Å²) in [5, 5.41) is 4.55. The molecule has 0 radical (unpaired) electrons. The van der Waals surface area contributed by atoms with Gasteiger partial charge in [-0.05, 0) is 35.9 Å². The molecule has 1 fully saturated rings. The molecule has 1 aliphatic heterocycles. The van der Waals surface area contributed by atoms with Crippen LogP contribution in [-0.4, -0.2) is 46.9 Å². The summed E-state index contributed by atoms with van der Waals surface area (Å²) in [6, 6.07) is 14.2. The first kappa shape index (κ1) is 22.0. The lowest BCUT2D eigenvalue weighted by molar-refractivity contribution is -0.138. The first-order valence-corrected chi connectivity index (χ1v) is 10.5. The molecular formula is C24H25F2N3O3. The number of hydrogen-bond acceptors (Lipinski definition) is 4. The molecule has 1 amide bonds. The molecule has 3 aromatic rings. The Morgan fingerprint density at radius 2 is 1.97 bits per heavy atom. The molecule has 4 rings (SSSR count). The van der Waals surface area contributed by atoms with E-state index < -0.39 is 0 Å². The van der Waals surface area contributed by atoms with Crippen molar-refractivity contribution in [2.45, 2.75) is 18.9 Å². The second-order valence-electron chi connectivity index (χ2n) is 7.72. The molecule has 1 saturated heterocycles. The van der Waals surface area contributed by atoms with Crippen LogP contribution in [0.4, 0.5) is 8.78 Å². The van der Waals surface area contributed by atoms with E-state index in [1.54, 1.807) is 39.9 Å². The number of aryl methyl sites for hydroxylation is 1. The zero-order chi connectivity index (χ0) is 22.5. The number of para-hydroxylation sites is 1. The van der Waals surface area contributed by atoms with Crippen molar-refractivity contribution in [1.29, 1.82) is 0 Å². The van der Waals surface area contributed by atoms with Crippen LogP contribution in [0.2, 0.25) is 0 Å². The highest BCUT2D eigenvalue weighted by molar-refractivity contribution is 5.78. The van der Waals surface area contributed by atoms with E-state index in [-0.39, 0.29) is 35.8 Å². The van der Waals surface area contributed by atoms with Crippen LogP contribution in [-0.2, 0) is 29.4 Å². The van der Waals surface area contributed by atoms with Crippen LogP contribution in [0, 0.1) is 11.6 Å². The normalized spacial score (nSPS) is 16.2. The molecule has 0 bridgehead atoms. The van der Waals surface area contributed by atoms with Crippen molar-refractivity contribution in [2.24, 2.45) is 7.05 Å². The van der Waals surface area contributed by atoms with E-state index in [0.29, 0.717) is 32.7 Å². The lowest BCUT2D eigenvalue weighted by Crippen LogP contribution is -2.43. The highest BCUT2D eigenvalue weighted by Gasteiger charge is 2.27. The van der Waals surface area contributed by atoms with Crippen LogP contribution < -0.4 is 4.74 Å². The van der Waals surface area contributed by atoms with Gasteiger partial charge in [-0.1, -0.05) is 24.3 Å². The highest BCUT2D eigenvalue weighted by atomic mass is 19.1. The van der Waals surface area contributed by atoms with Gasteiger partial charge in [0.05, 0.1) is 31.9 Å². The maximum atomic E-state index is 13.7. The van der Waals surface area contributed by atoms with Gasteiger partial charge in [0.15, 0.2) is 11.6 Å². The van der Waals surface area contributed by atoms with E-state index in [4.69, 9.17) is 9.47 Å². The summed E-state index contributed by atoms with van der Waals surface area (Å²) < 4.78 is 39.9. The Morgan fingerprint density at radius 3 is 2.75 bits per heavy atom. The van der Waals surface area contributed by atoms with E-state index in [9.17, 15) is 13.6 Å². The van der Waals surface area contributed by atoms with Crippen LogP contribution in [0.25, 0.3) is 0 Å². The standard InChI is InChI=1S/C24H25F2N3O3/c1-28-19(10-12-31-22-5-3-2-4-20(22)26)15-21(27-28)23-16-29(11-13-32-23)24(30)14-17-6-8-18(25)9-7-17/h2-9,15,23H,10-14,16H2,1H3. The third-order valence-electron chi connectivity index (χ3n) is 5.47. The molecule has 0 spiro atoms. The summed E-state index contributed by atoms with van der Waals surface area (Å²) in [6.45, 7) is 1.64. The number of ether oxygens (including phenoxy) is 2. The highest BCUT2D eigenvalue weighted by Crippen LogP contribution is 2.23. The van der Waals surface area contributed by atoms with Crippen LogP contribution in [0.3, 0.4) is 0 Å². The lowest BCUT2D eigenvalue weighted by atomic mass is 10.1. The molecule has 0 N–H and O–H groups in total. The van der Waals surface area contributed by atoms with Crippen molar-refractivity contribution in [3.8, 4) is 5.75 Å². The van der Waals surface area contributed by atoms with Crippen molar-refractivity contribution in [2.75, 3.05) is 26.3 Å². The number of hydrogen-bond donors (Lipinski definition) is 0. The molecule has 32 heavy (non-hydrogen) atoms. The van der Waals surface area contributed by atoms with E-state index in [2.05, 4.69) is 5.10 Å². The van der Waals surface area contributed by atoms with Crippen LogP contribution >= 0.6 is 0 Å². The minimum absolute atomic E-state index is 0.0284. The summed E-state index contributed by atoms with van der Waals surface area (Å²) in [5.74, 6) is -0.516. The molecule has 2 heterocycles. The van der Waals surface area contributed by atoms with Gasteiger partial charge in [-0.25, -0.2) is 8.78 Å². The quantitative estimate of drug-likeness (QED) is 0.564. The van der Waals surface area contributed by atoms with Gasteiger partial charge in [-0.2, -0.15) is 5.10 Å². The van der Waals surface area contributed by atoms with Gasteiger partial charge in [0.25, 0.3) is 0 Å². The van der Waals surface area contributed by atoms with Gasteiger partial charge in [-0.3, -0.25) is 9.48 Å². The minimum Gasteiger partial charge on any atom is -0.490 e. The average Bonchev–Trinajstić information content (AvgIpc) is 3.17. The summed E-state index contributed by atoms with van der Waals surface area (Å²) >= 11 is 0. The Hall–Kier alpha value is -3.26. The number of halogens is 2. The monoisotopic (exact) mass is 441 g/mol. The number of carbonyl (C=O) groups is 1. The summed E-state index contributed by atoms with van der Waals surface area (Å²) in [4.78, 5) is 14.5. The maximum absolute atomic E-state index is 13.7. The van der Waals surface area contributed by atoms with Crippen LogP contribution in [0.1, 0.15) is 23.1 Å². The number of nitrogens with zero attached hydrogens (tertiary/aromatic N) is 3. The number of aromatic nitrogens is 2. The number of benzene rings is 2. The average molecular weight is 441 g/mol. The third-order valence-corrected chi connectivity index (χ3v) is 5.47. The SMILES string of the molecule is Cn1nc(C2CN(C(=O)Cc3ccc(F)cc3)CCO2)cc1CCOc1ccccc1F. The molecule has 1 aliphatic rings. The Labute approximate surface area is 185 Å². The largest absolute Gasteiger partial charge is 0.490 e. The van der Waals surface area contributed by atoms with Crippen LogP contribution in [0.15, 0.2) is 54.6 Å². The summed E-state index contributed by atoms with van der Waals surface area (Å²) in [6.07, 6.45) is 0.444. The topological polar surface area (TPSA) is 56.6 Å². The molecule has 1 atom stereocenters. The molecule has 168 valence electrons. The second kappa shape index (κ2) is 9.91. The first-order valence-electron chi connectivity index (χ1n) is 10.5. The predicted molar refractivity (Wildman–Crippen MR) is 114 cm³/mol. The van der Waals surface area contributed by atoms with Gasteiger partial charge in [0.1, 0.15) is 11.9 Å². The number of amides is 1. The van der Waals surface area contributed by atoms with Crippen molar-refractivity contribution >= 4 is 5.91 Å². The number of morpholine rings is 1. The van der Waals surface area contributed by atoms with Crippen molar-refractivity contribution < 1.29 is 23.0 Å².